The minimum absolute atomic E-state index is 0. The van der Waals surface area contributed by atoms with Crippen molar-refractivity contribution >= 4 is 30.9 Å². The second-order valence-electron chi connectivity index (χ2n) is 1.32. The molecule has 0 aromatic carbocycles. The van der Waals surface area contributed by atoms with E-state index in [1.165, 1.54) is 0 Å². The summed E-state index contributed by atoms with van der Waals surface area (Å²) in [5.41, 5.74) is 5.29. The van der Waals surface area contributed by atoms with Gasteiger partial charge in [0.25, 0.3) is 0 Å². The Kier molecular flexibility index (Phi) is 7.21. The average molecular weight is 155 g/mol. The molecule has 50 valence electrons. The van der Waals surface area contributed by atoms with Gasteiger partial charge in [0.2, 0.25) is 0 Å². The second kappa shape index (κ2) is 5.25. The third-order valence-electron chi connectivity index (χ3n) is 0.686. The van der Waals surface area contributed by atoms with Gasteiger partial charge in [-0.25, -0.2) is 0 Å². The van der Waals surface area contributed by atoms with Crippen LogP contribution in [0.4, 0.5) is 0 Å². The molecule has 0 heterocycles. The highest BCUT2D eigenvalue weighted by atomic mass is 35.5. The number of halogens is 1. The van der Waals surface area contributed by atoms with Crippen LogP contribution in [-0.4, -0.2) is 18.1 Å². The lowest BCUT2D eigenvalue weighted by Crippen LogP contribution is -2.20. The van der Waals surface area contributed by atoms with Crippen molar-refractivity contribution in [3.63, 3.8) is 0 Å². The Morgan fingerprint density at radius 1 is 1.75 bits per heavy atom. The van der Waals surface area contributed by atoms with Crippen LogP contribution in [0.1, 0.15) is 6.92 Å². The number of hydrogen-bond donors (Lipinski definition) is 2. The summed E-state index contributed by atoms with van der Waals surface area (Å²) in [5, 5.41) is 0.0880. The lowest BCUT2D eigenvalue weighted by molar-refractivity contribution is 1.24. The molecule has 8 heavy (non-hydrogen) atoms. The van der Waals surface area contributed by atoms with Crippen molar-refractivity contribution in [2.45, 2.75) is 12.2 Å². The van der Waals surface area contributed by atoms with Gasteiger partial charge < -0.3 is 5.73 Å². The van der Waals surface area contributed by atoms with Crippen LogP contribution in [0.5, 0.6) is 0 Å². The Labute approximate surface area is 61.4 Å². The van der Waals surface area contributed by atoms with E-state index in [1.807, 2.05) is 6.92 Å². The van der Waals surface area contributed by atoms with E-state index in [0.29, 0.717) is 5.84 Å². The standard InChI is InChI=1S/C4H10N2S.ClH/c1-3(7)4(5)6-2;/h3,7H,1-2H3,(H2,5,6);1H. The molecule has 0 fully saturated rings. The van der Waals surface area contributed by atoms with Crippen LogP contribution in [0.15, 0.2) is 4.99 Å². The maximum absolute atomic E-state index is 5.29. The summed E-state index contributed by atoms with van der Waals surface area (Å²) < 4.78 is 0. The molecule has 4 heteroatoms. The Morgan fingerprint density at radius 3 is 2.12 bits per heavy atom. The monoisotopic (exact) mass is 154 g/mol. The first-order chi connectivity index (χ1) is 3.18. The Bertz CT molecular complexity index is 82.1. The number of thiol groups is 1. The molecular weight excluding hydrogens is 144 g/mol. The number of rotatable bonds is 1. The van der Waals surface area contributed by atoms with Crippen LogP contribution in [0.25, 0.3) is 0 Å². The van der Waals surface area contributed by atoms with Gasteiger partial charge in [0.15, 0.2) is 0 Å². The maximum atomic E-state index is 5.29. The zero-order valence-electron chi connectivity index (χ0n) is 4.96. The first-order valence-corrected chi connectivity index (χ1v) is 2.60. The van der Waals surface area contributed by atoms with Crippen molar-refractivity contribution in [3.05, 3.63) is 0 Å². The highest BCUT2D eigenvalue weighted by Crippen LogP contribution is 1.89. The predicted molar refractivity (Wildman–Crippen MR) is 43.2 cm³/mol. The smallest absolute Gasteiger partial charge is 0.106 e. The van der Waals surface area contributed by atoms with E-state index in [2.05, 4.69) is 17.6 Å². The Morgan fingerprint density at radius 2 is 2.12 bits per heavy atom. The van der Waals surface area contributed by atoms with E-state index in [0.717, 1.165) is 0 Å². The highest BCUT2D eigenvalue weighted by Gasteiger charge is 1.94. The van der Waals surface area contributed by atoms with Crippen molar-refractivity contribution in [2.24, 2.45) is 10.7 Å². The van der Waals surface area contributed by atoms with E-state index < -0.39 is 0 Å². The molecule has 0 aromatic rings. The number of nitrogens with two attached hydrogens (primary N) is 1. The maximum Gasteiger partial charge on any atom is 0.106 e. The number of nitrogens with zero attached hydrogens (tertiary/aromatic N) is 1. The van der Waals surface area contributed by atoms with Crippen molar-refractivity contribution < 1.29 is 0 Å². The van der Waals surface area contributed by atoms with Crippen LogP contribution in [-0.2, 0) is 0 Å². The summed E-state index contributed by atoms with van der Waals surface area (Å²) in [5.74, 6) is 0.586. The van der Waals surface area contributed by atoms with E-state index in [9.17, 15) is 0 Å². The highest BCUT2D eigenvalue weighted by molar-refractivity contribution is 7.81. The molecule has 2 nitrogen and oxygen atoms in total. The Balaban J connectivity index is 0. The van der Waals surface area contributed by atoms with Crippen LogP contribution in [0.3, 0.4) is 0 Å². The van der Waals surface area contributed by atoms with Gasteiger partial charge >= 0.3 is 0 Å². The van der Waals surface area contributed by atoms with E-state index in [1.54, 1.807) is 7.05 Å². The molecule has 0 aromatic heterocycles. The molecule has 2 N–H and O–H groups in total. The zero-order valence-corrected chi connectivity index (χ0v) is 6.67. The van der Waals surface area contributed by atoms with E-state index >= 15 is 0 Å². The fourth-order valence-corrected chi connectivity index (χ4v) is 0.302. The quantitative estimate of drug-likeness (QED) is 0.326. The van der Waals surface area contributed by atoms with Crippen molar-refractivity contribution in [1.29, 1.82) is 0 Å². The summed E-state index contributed by atoms with van der Waals surface area (Å²) in [4.78, 5) is 3.71. The molecule has 0 rings (SSSR count). The van der Waals surface area contributed by atoms with E-state index in [4.69, 9.17) is 5.73 Å². The molecule has 0 bridgehead atoms. The molecule has 0 saturated heterocycles. The largest absolute Gasteiger partial charge is 0.387 e. The van der Waals surface area contributed by atoms with Gasteiger partial charge in [-0.3, -0.25) is 4.99 Å². The molecule has 0 aliphatic carbocycles. The molecular formula is C4H11ClN2S. The minimum Gasteiger partial charge on any atom is -0.387 e. The molecule has 0 radical (unpaired) electrons. The SMILES string of the molecule is CN=C(N)C(C)S.Cl. The van der Waals surface area contributed by atoms with Crippen molar-refractivity contribution in [1.82, 2.24) is 0 Å². The summed E-state index contributed by atoms with van der Waals surface area (Å²) in [6.07, 6.45) is 0. The van der Waals surface area contributed by atoms with Crippen LogP contribution < -0.4 is 5.73 Å². The number of amidine groups is 1. The summed E-state index contributed by atoms with van der Waals surface area (Å²) >= 11 is 4.02. The van der Waals surface area contributed by atoms with Crippen LogP contribution in [0, 0.1) is 0 Å². The predicted octanol–water partition coefficient (Wildman–Crippen LogP) is 0.713. The van der Waals surface area contributed by atoms with Crippen molar-refractivity contribution in [2.75, 3.05) is 7.05 Å². The fourth-order valence-electron chi connectivity index (χ4n) is 0.187. The molecule has 0 spiro atoms. The first kappa shape index (κ1) is 11.0. The molecule has 0 saturated carbocycles. The molecule has 1 atom stereocenters. The normalized spacial score (nSPS) is 14.6. The van der Waals surface area contributed by atoms with Gasteiger partial charge in [-0.1, -0.05) is 0 Å². The lowest BCUT2D eigenvalue weighted by atomic mass is 10.4. The number of aliphatic imine (C=N–C) groups is 1. The molecule has 0 aliphatic heterocycles. The van der Waals surface area contributed by atoms with E-state index in [-0.39, 0.29) is 17.7 Å². The third kappa shape index (κ3) is 4.27. The first-order valence-electron chi connectivity index (χ1n) is 2.08. The second-order valence-corrected chi connectivity index (χ2v) is 2.10. The summed E-state index contributed by atoms with van der Waals surface area (Å²) in [6, 6.07) is 0. The van der Waals surface area contributed by atoms with Gasteiger partial charge in [-0.2, -0.15) is 12.6 Å². The van der Waals surface area contributed by atoms with Crippen molar-refractivity contribution in [3.8, 4) is 0 Å². The van der Waals surface area contributed by atoms with Gasteiger partial charge in [-0.15, -0.1) is 12.4 Å². The van der Waals surface area contributed by atoms with Gasteiger partial charge in [0.1, 0.15) is 5.84 Å². The summed E-state index contributed by atoms with van der Waals surface area (Å²) in [6.45, 7) is 1.88. The summed E-state index contributed by atoms with van der Waals surface area (Å²) in [7, 11) is 1.65. The third-order valence-corrected chi connectivity index (χ3v) is 0.951. The zero-order chi connectivity index (χ0) is 5.86. The van der Waals surface area contributed by atoms with Gasteiger partial charge in [-0.05, 0) is 6.92 Å². The van der Waals surface area contributed by atoms with Gasteiger partial charge in [0.05, 0.1) is 5.25 Å². The van der Waals surface area contributed by atoms with Gasteiger partial charge in [0, 0.05) is 7.05 Å². The van der Waals surface area contributed by atoms with Crippen LogP contribution >= 0.6 is 25.0 Å². The number of hydrogen-bond acceptors (Lipinski definition) is 2. The minimum atomic E-state index is 0. The topological polar surface area (TPSA) is 38.4 Å². The van der Waals surface area contributed by atoms with Crippen LogP contribution in [0.2, 0.25) is 0 Å². The fraction of sp³-hybridized carbons (Fsp3) is 0.750. The molecule has 0 aliphatic rings. The average Bonchev–Trinajstić information content (AvgIpc) is 1.65. The lowest BCUT2D eigenvalue weighted by Gasteiger charge is -1.98. The molecule has 1 unspecified atom stereocenters. The molecule has 0 amide bonds. The Hall–Kier alpha value is 0.110.